The van der Waals surface area contributed by atoms with Crippen LogP contribution in [-0.4, -0.2) is 35.6 Å². The van der Waals surface area contributed by atoms with Gasteiger partial charge in [0.1, 0.15) is 12.7 Å². The third kappa shape index (κ3) is 4.75. The first-order valence-corrected chi connectivity index (χ1v) is 10.9. The summed E-state index contributed by atoms with van der Waals surface area (Å²) in [5, 5.41) is 32.6. The average molecular weight is 443 g/mol. The van der Waals surface area contributed by atoms with Crippen LogP contribution in [0.3, 0.4) is 0 Å². The molecular formula is C27H26N2O4. The van der Waals surface area contributed by atoms with E-state index in [1.807, 2.05) is 30.3 Å². The molecule has 2 unspecified atom stereocenters. The van der Waals surface area contributed by atoms with E-state index in [0.29, 0.717) is 11.1 Å². The second kappa shape index (κ2) is 9.86. The predicted octanol–water partition coefficient (Wildman–Crippen LogP) is 4.19. The summed E-state index contributed by atoms with van der Waals surface area (Å²) in [4.78, 5) is 12.3. The largest absolute Gasteiger partial charge is 0.449 e. The number of nitrogens with zero attached hydrogens (tertiary/aromatic N) is 1. The lowest BCUT2D eigenvalue weighted by Crippen LogP contribution is -2.30. The summed E-state index contributed by atoms with van der Waals surface area (Å²) in [6.07, 6.45) is -2.67. The molecule has 2 atom stereocenters. The van der Waals surface area contributed by atoms with Gasteiger partial charge in [0, 0.05) is 12.5 Å². The van der Waals surface area contributed by atoms with Crippen LogP contribution < -0.4 is 5.32 Å². The SMILES string of the molecule is Cc1ccc(C#N)cc1C(O)C(O)CCNC(=O)OCC1c2ccccc2-c2ccccc21. The Morgan fingerprint density at radius 3 is 2.33 bits per heavy atom. The van der Waals surface area contributed by atoms with Crippen LogP contribution in [0.25, 0.3) is 11.1 Å². The number of rotatable bonds is 7. The number of alkyl carbamates (subject to hydrolysis) is 1. The van der Waals surface area contributed by atoms with Crippen molar-refractivity contribution in [2.24, 2.45) is 0 Å². The van der Waals surface area contributed by atoms with Gasteiger partial charge in [-0.2, -0.15) is 5.26 Å². The van der Waals surface area contributed by atoms with Gasteiger partial charge in [0.15, 0.2) is 0 Å². The molecule has 0 heterocycles. The Morgan fingerprint density at radius 1 is 1.06 bits per heavy atom. The topological polar surface area (TPSA) is 103 Å². The van der Waals surface area contributed by atoms with Gasteiger partial charge in [-0.05, 0) is 58.9 Å². The first kappa shape index (κ1) is 22.5. The fourth-order valence-electron chi connectivity index (χ4n) is 4.37. The maximum atomic E-state index is 12.3. The zero-order valence-electron chi connectivity index (χ0n) is 18.4. The predicted molar refractivity (Wildman–Crippen MR) is 125 cm³/mol. The molecule has 0 saturated heterocycles. The van der Waals surface area contributed by atoms with Gasteiger partial charge in [0.05, 0.1) is 17.7 Å². The van der Waals surface area contributed by atoms with Crippen LogP contribution in [0.15, 0.2) is 66.7 Å². The lowest BCUT2D eigenvalue weighted by Gasteiger charge is -2.20. The molecule has 0 radical (unpaired) electrons. The Morgan fingerprint density at radius 2 is 1.70 bits per heavy atom. The first-order chi connectivity index (χ1) is 16.0. The summed E-state index contributed by atoms with van der Waals surface area (Å²) < 4.78 is 5.49. The van der Waals surface area contributed by atoms with Crippen molar-refractivity contribution in [2.75, 3.05) is 13.2 Å². The molecule has 0 aliphatic heterocycles. The van der Waals surface area contributed by atoms with Crippen molar-refractivity contribution in [1.29, 1.82) is 5.26 Å². The van der Waals surface area contributed by atoms with E-state index >= 15 is 0 Å². The molecular weight excluding hydrogens is 416 g/mol. The van der Waals surface area contributed by atoms with Crippen LogP contribution in [0, 0.1) is 18.3 Å². The van der Waals surface area contributed by atoms with Crippen LogP contribution in [0.2, 0.25) is 0 Å². The van der Waals surface area contributed by atoms with Crippen molar-refractivity contribution < 1.29 is 19.7 Å². The van der Waals surface area contributed by atoms with Gasteiger partial charge in [-0.25, -0.2) is 4.79 Å². The number of amides is 1. The van der Waals surface area contributed by atoms with Gasteiger partial charge >= 0.3 is 6.09 Å². The number of carbonyl (C=O) groups excluding carboxylic acids is 1. The molecule has 3 aromatic rings. The van der Waals surface area contributed by atoms with Gasteiger partial charge in [-0.1, -0.05) is 54.6 Å². The first-order valence-electron chi connectivity index (χ1n) is 10.9. The van der Waals surface area contributed by atoms with E-state index in [2.05, 4.69) is 29.6 Å². The number of fused-ring (bicyclic) bond motifs is 3. The molecule has 33 heavy (non-hydrogen) atoms. The van der Waals surface area contributed by atoms with Crippen molar-refractivity contribution >= 4 is 6.09 Å². The molecule has 1 aliphatic carbocycles. The molecule has 1 amide bonds. The fourth-order valence-corrected chi connectivity index (χ4v) is 4.37. The molecule has 0 saturated carbocycles. The number of aryl methyl sites for hydroxylation is 1. The van der Waals surface area contributed by atoms with Crippen LogP contribution in [0.4, 0.5) is 4.79 Å². The third-order valence-corrected chi connectivity index (χ3v) is 6.14. The third-order valence-electron chi connectivity index (χ3n) is 6.14. The van der Waals surface area contributed by atoms with E-state index in [0.717, 1.165) is 27.8 Å². The van der Waals surface area contributed by atoms with Crippen molar-refractivity contribution in [3.8, 4) is 17.2 Å². The fraction of sp³-hybridized carbons (Fsp3) is 0.259. The normalized spacial score (nSPS) is 14.0. The second-order valence-electron chi connectivity index (χ2n) is 8.24. The minimum absolute atomic E-state index is 0.0223. The Hall–Kier alpha value is -3.66. The summed E-state index contributed by atoms with van der Waals surface area (Å²) in [5.74, 6) is -0.0223. The molecule has 1 aliphatic rings. The maximum Gasteiger partial charge on any atom is 0.407 e. The number of hydrogen-bond donors (Lipinski definition) is 3. The minimum atomic E-state index is -1.15. The molecule has 6 heteroatoms. The summed E-state index contributed by atoms with van der Waals surface area (Å²) in [7, 11) is 0. The number of hydrogen-bond acceptors (Lipinski definition) is 5. The molecule has 3 aromatic carbocycles. The zero-order valence-corrected chi connectivity index (χ0v) is 18.4. The molecule has 0 aromatic heterocycles. The van der Waals surface area contributed by atoms with Crippen LogP contribution in [0.1, 0.15) is 46.3 Å². The number of aliphatic hydroxyl groups is 2. The van der Waals surface area contributed by atoms with Gasteiger partial charge in [-0.3, -0.25) is 0 Å². The van der Waals surface area contributed by atoms with Crippen LogP contribution >= 0.6 is 0 Å². The minimum Gasteiger partial charge on any atom is -0.449 e. The van der Waals surface area contributed by atoms with Crippen molar-refractivity contribution in [3.05, 3.63) is 94.5 Å². The van der Waals surface area contributed by atoms with Crippen molar-refractivity contribution in [1.82, 2.24) is 5.32 Å². The van der Waals surface area contributed by atoms with E-state index in [4.69, 9.17) is 10.00 Å². The van der Waals surface area contributed by atoms with Gasteiger partial charge in [-0.15, -0.1) is 0 Å². The zero-order chi connectivity index (χ0) is 23.4. The number of aliphatic hydroxyl groups excluding tert-OH is 2. The number of ether oxygens (including phenoxy) is 1. The van der Waals surface area contributed by atoms with E-state index in [1.54, 1.807) is 25.1 Å². The standard InChI is InChI=1S/C27H26N2O4/c1-17-10-11-18(15-28)14-23(17)26(31)25(30)12-13-29-27(32)33-16-24-21-8-4-2-6-19(21)20-7-3-5-9-22(20)24/h2-11,14,24-26,30-31H,12-13,16H2,1H3,(H,29,32). The highest BCUT2D eigenvalue weighted by molar-refractivity contribution is 5.79. The number of carbonyl (C=O) groups is 1. The Bertz CT molecular complexity index is 1160. The summed E-state index contributed by atoms with van der Waals surface area (Å²) in [5.41, 5.74) is 6.30. The van der Waals surface area contributed by atoms with Crippen LogP contribution in [-0.2, 0) is 4.74 Å². The molecule has 0 spiro atoms. The molecule has 3 N–H and O–H groups in total. The Kier molecular flexibility index (Phi) is 6.74. The number of nitriles is 1. The highest BCUT2D eigenvalue weighted by atomic mass is 16.5. The monoisotopic (exact) mass is 442 g/mol. The van der Waals surface area contributed by atoms with E-state index < -0.39 is 18.3 Å². The Labute approximate surface area is 193 Å². The molecule has 0 fully saturated rings. The molecule has 168 valence electrons. The van der Waals surface area contributed by atoms with E-state index in [1.165, 1.54) is 0 Å². The van der Waals surface area contributed by atoms with Gasteiger partial charge in [0.2, 0.25) is 0 Å². The van der Waals surface area contributed by atoms with Gasteiger partial charge < -0.3 is 20.3 Å². The maximum absolute atomic E-state index is 12.3. The second-order valence-corrected chi connectivity index (χ2v) is 8.24. The Balaban J connectivity index is 1.30. The number of nitrogens with one attached hydrogen (secondary N) is 1. The summed E-state index contributed by atoms with van der Waals surface area (Å²) in [6, 6.07) is 23.2. The molecule has 6 nitrogen and oxygen atoms in total. The average Bonchev–Trinajstić information content (AvgIpc) is 3.16. The number of benzene rings is 3. The lowest BCUT2D eigenvalue weighted by molar-refractivity contribution is 0.0133. The highest BCUT2D eigenvalue weighted by Gasteiger charge is 2.29. The summed E-state index contributed by atoms with van der Waals surface area (Å²) in [6.45, 7) is 2.17. The lowest BCUT2D eigenvalue weighted by atomic mass is 9.96. The highest BCUT2D eigenvalue weighted by Crippen LogP contribution is 2.44. The van der Waals surface area contributed by atoms with Crippen molar-refractivity contribution in [2.45, 2.75) is 31.5 Å². The van der Waals surface area contributed by atoms with Crippen LogP contribution in [0.5, 0.6) is 0 Å². The van der Waals surface area contributed by atoms with Crippen molar-refractivity contribution in [3.63, 3.8) is 0 Å². The molecule has 0 bridgehead atoms. The van der Waals surface area contributed by atoms with E-state index in [-0.39, 0.29) is 25.5 Å². The van der Waals surface area contributed by atoms with E-state index in [9.17, 15) is 15.0 Å². The van der Waals surface area contributed by atoms with Gasteiger partial charge in [0.25, 0.3) is 0 Å². The quantitative estimate of drug-likeness (QED) is 0.509. The smallest absolute Gasteiger partial charge is 0.407 e. The molecule has 4 rings (SSSR count). The summed E-state index contributed by atoms with van der Waals surface area (Å²) >= 11 is 0.